The van der Waals surface area contributed by atoms with Crippen molar-refractivity contribution >= 4 is 5.97 Å². The largest absolute Gasteiger partial charge is 0.491 e. The second-order valence-corrected chi connectivity index (χ2v) is 5.84. The van der Waals surface area contributed by atoms with Crippen molar-refractivity contribution in [2.75, 3.05) is 19.8 Å². The van der Waals surface area contributed by atoms with Gasteiger partial charge in [0.05, 0.1) is 6.61 Å². The van der Waals surface area contributed by atoms with E-state index in [0.717, 1.165) is 0 Å². The summed E-state index contributed by atoms with van der Waals surface area (Å²) < 4.78 is 22.8. The SMILES string of the molecule is O=C(O)COC[C@H](O)[C@H](O)/C=C/C=C/C=C\C=C\C(O)COc1ccc(F)cc1. The third-order valence-electron chi connectivity index (χ3n) is 3.34. The number of ether oxygens (including phenoxy) is 2. The van der Waals surface area contributed by atoms with Crippen molar-refractivity contribution in [3.8, 4) is 5.75 Å². The van der Waals surface area contributed by atoms with E-state index in [1.54, 1.807) is 30.4 Å². The molecule has 29 heavy (non-hydrogen) atoms. The van der Waals surface area contributed by atoms with Crippen LogP contribution < -0.4 is 4.74 Å². The number of allylic oxidation sites excluding steroid dienone is 6. The van der Waals surface area contributed by atoms with Crippen LogP contribution in [0.3, 0.4) is 0 Å². The molecule has 3 atom stereocenters. The van der Waals surface area contributed by atoms with E-state index in [2.05, 4.69) is 0 Å². The molecule has 7 nitrogen and oxygen atoms in total. The molecular formula is C21H25FO7. The first-order valence-corrected chi connectivity index (χ1v) is 8.79. The van der Waals surface area contributed by atoms with Crippen LogP contribution in [0.4, 0.5) is 4.39 Å². The molecule has 0 heterocycles. The summed E-state index contributed by atoms with van der Waals surface area (Å²) in [6, 6.07) is 5.49. The van der Waals surface area contributed by atoms with Gasteiger partial charge in [-0.05, 0) is 24.3 Å². The minimum absolute atomic E-state index is 0.0327. The number of aliphatic hydroxyl groups is 3. The molecular weight excluding hydrogens is 383 g/mol. The maximum absolute atomic E-state index is 12.8. The van der Waals surface area contributed by atoms with E-state index in [1.165, 1.54) is 42.5 Å². The Balaban J connectivity index is 2.24. The Labute approximate surface area is 168 Å². The number of halogens is 1. The number of hydrogen-bond acceptors (Lipinski definition) is 6. The highest BCUT2D eigenvalue weighted by Crippen LogP contribution is 2.11. The Kier molecular flexibility index (Phi) is 11.9. The van der Waals surface area contributed by atoms with Crippen molar-refractivity contribution < 1.29 is 39.1 Å². The maximum atomic E-state index is 12.8. The van der Waals surface area contributed by atoms with Crippen LogP contribution in [0.5, 0.6) is 5.75 Å². The second-order valence-electron chi connectivity index (χ2n) is 5.84. The summed E-state index contributed by atoms with van der Waals surface area (Å²) in [6.45, 7) is -0.802. The smallest absolute Gasteiger partial charge is 0.329 e. The van der Waals surface area contributed by atoms with Gasteiger partial charge < -0.3 is 29.9 Å². The molecule has 0 saturated heterocycles. The lowest BCUT2D eigenvalue weighted by Crippen LogP contribution is -2.29. The summed E-state index contributed by atoms with van der Waals surface area (Å²) >= 11 is 0. The summed E-state index contributed by atoms with van der Waals surface area (Å²) in [5, 5.41) is 37.4. The van der Waals surface area contributed by atoms with E-state index >= 15 is 0 Å². The van der Waals surface area contributed by atoms with Gasteiger partial charge in [-0.15, -0.1) is 0 Å². The van der Waals surface area contributed by atoms with Crippen molar-refractivity contribution in [2.24, 2.45) is 0 Å². The molecule has 4 N–H and O–H groups in total. The molecule has 0 radical (unpaired) electrons. The number of carbonyl (C=O) groups is 1. The zero-order valence-electron chi connectivity index (χ0n) is 15.7. The maximum Gasteiger partial charge on any atom is 0.329 e. The van der Waals surface area contributed by atoms with Crippen molar-refractivity contribution in [3.63, 3.8) is 0 Å². The summed E-state index contributed by atoms with van der Waals surface area (Å²) in [5.41, 5.74) is 0. The van der Waals surface area contributed by atoms with Crippen LogP contribution in [-0.2, 0) is 9.53 Å². The molecule has 8 heteroatoms. The number of carboxylic acid groups (broad SMARTS) is 1. The first-order valence-electron chi connectivity index (χ1n) is 8.79. The van der Waals surface area contributed by atoms with E-state index in [4.69, 9.17) is 14.6 Å². The lowest BCUT2D eigenvalue weighted by molar-refractivity contribution is -0.143. The van der Waals surface area contributed by atoms with Crippen molar-refractivity contribution in [2.45, 2.75) is 18.3 Å². The van der Waals surface area contributed by atoms with Gasteiger partial charge in [0.2, 0.25) is 0 Å². The number of aliphatic carboxylic acids is 1. The molecule has 1 aromatic rings. The Morgan fingerprint density at radius 2 is 1.52 bits per heavy atom. The fraction of sp³-hybridized carbons (Fsp3) is 0.286. The third-order valence-corrected chi connectivity index (χ3v) is 3.34. The van der Waals surface area contributed by atoms with Gasteiger partial charge in [-0.3, -0.25) is 0 Å². The van der Waals surface area contributed by atoms with E-state index in [1.807, 2.05) is 0 Å². The van der Waals surface area contributed by atoms with Gasteiger partial charge in [0.15, 0.2) is 0 Å². The number of hydrogen-bond donors (Lipinski definition) is 4. The highest BCUT2D eigenvalue weighted by Gasteiger charge is 2.13. The third kappa shape index (κ3) is 12.3. The normalized spacial score (nSPS) is 15.4. The molecule has 0 aliphatic carbocycles. The summed E-state index contributed by atoms with van der Waals surface area (Å²) in [6.07, 6.45) is 9.43. The van der Waals surface area contributed by atoms with Crippen molar-refractivity contribution in [3.05, 3.63) is 78.7 Å². The van der Waals surface area contributed by atoms with Gasteiger partial charge in [-0.2, -0.15) is 0 Å². The molecule has 0 aromatic heterocycles. The Hall–Kier alpha value is -2.78. The standard InChI is InChI=1S/C21H25FO7/c22-16-9-11-18(12-10-16)29-13-17(23)7-5-3-1-2-4-6-8-19(24)20(25)14-28-15-21(26)27/h1-12,17,19-20,23-25H,13-15H2,(H,26,27)/b3-1-,4-2+,7-5+,8-6+/t17?,19-,20+/m1/s1. The highest BCUT2D eigenvalue weighted by atomic mass is 19.1. The first-order chi connectivity index (χ1) is 13.9. The van der Waals surface area contributed by atoms with E-state index < -0.39 is 30.9 Å². The average molecular weight is 408 g/mol. The summed E-state index contributed by atoms with van der Waals surface area (Å²) in [4.78, 5) is 10.3. The fourth-order valence-corrected chi connectivity index (χ4v) is 1.89. The molecule has 0 spiro atoms. The quantitative estimate of drug-likeness (QED) is 0.367. The monoisotopic (exact) mass is 408 g/mol. The Morgan fingerprint density at radius 1 is 0.931 bits per heavy atom. The molecule has 0 aliphatic rings. The first kappa shape index (κ1) is 24.3. The van der Waals surface area contributed by atoms with E-state index in [9.17, 15) is 24.5 Å². The lowest BCUT2D eigenvalue weighted by atomic mass is 10.2. The van der Waals surface area contributed by atoms with Crippen LogP contribution in [0.2, 0.25) is 0 Å². The highest BCUT2D eigenvalue weighted by molar-refractivity contribution is 5.67. The van der Waals surface area contributed by atoms with Gasteiger partial charge in [-0.1, -0.05) is 48.6 Å². The molecule has 1 unspecified atom stereocenters. The minimum Gasteiger partial charge on any atom is -0.491 e. The molecule has 0 fully saturated rings. The van der Waals surface area contributed by atoms with Crippen molar-refractivity contribution in [1.29, 1.82) is 0 Å². The molecule has 0 saturated carbocycles. The number of benzene rings is 1. The molecule has 0 bridgehead atoms. The minimum atomic E-state index is -1.23. The molecule has 1 aromatic carbocycles. The number of aliphatic hydroxyl groups excluding tert-OH is 3. The lowest BCUT2D eigenvalue weighted by Gasteiger charge is -2.13. The molecule has 0 amide bonds. The fourth-order valence-electron chi connectivity index (χ4n) is 1.89. The van der Waals surface area contributed by atoms with Gasteiger partial charge >= 0.3 is 5.97 Å². The predicted octanol–water partition coefficient (Wildman–Crippen LogP) is 1.61. The van der Waals surface area contributed by atoms with Crippen molar-refractivity contribution in [1.82, 2.24) is 0 Å². The predicted molar refractivity (Wildman–Crippen MR) is 105 cm³/mol. The summed E-state index contributed by atoms with van der Waals surface area (Å²) in [7, 11) is 0. The molecule has 1 rings (SSSR count). The van der Waals surface area contributed by atoms with E-state index in [-0.39, 0.29) is 19.0 Å². The van der Waals surface area contributed by atoms with E-state index in [0.29, 0.717) is 5.75 Å². The van der Waals surface area contributed by atoms with Crippen LogP contribution >= 0.6 is 0 Å². The van der Waals surface area contributed by atoms with Gasteiger partial charge in [-0.25, -0.2) is 9.18 Å². The van der Waals surface area contributed by atoms with Crippen LogP contribution in [0.1, 0.15) is 0 Å². The molecule has 0 aliphatic heterocycles. The van der Waals surface area contributed by atoms with Gasteiger partial charge in [0, 0.05) is 0 Å². The average Bonchev–Trinajstić information content (AvgIpc) is 2.69. The number of rotatable bonds is 13. The van der Waals surface area contributed by atoms with Crippen LogP contribution in [0.15, 0.2) is 72.9 Å². The second kappa shape index (κ2) is 14.3. The Morgan fingerprint density at radius 3 is 2.14 bits per heavy atom. The van der Waals surface area contributed by atoms with Gasteiger partial charge in [0.25, 0.3) is 0 Å². The topological polar surface area (TPSA) is 116 Å². The zero-order chi connectivity index (χ0) is 21.5. The van der Waals surface area contributed by atoms with Crippen LogP contribution in [0.25, 0.3) is 0 Å². The van der Waals surface area contributed by atoms with Crippen LogP contribution in [-0.4, -0.2) is 64.5 Å². The van der Waals surface area contributed by atoms with Crippen LogP contribution in [0, 0.1) is 5.82 Å². The summed E-state index contributed by atoms with van der Waals surface area (Å²) in [5.74, 6) is -1.05. The van der Waals surface area contributed by atoms with Gasteiger partial charge in [0.1, 0.15) is 43.1 Å². The zero-order valence-corrected chi connectivity index (χ0v) is 15.7. The molecule has 158 valence electrons. The number of carboxylic acids is 1. The Bertz CT molecular complexity index is 710.